The Labute approximate surface area is 169 Å². The molecule has 2 heterocycles. The van der Waals surface area contributed by atoms with Crippen molar-refractivity contribution in [1.82, 2.24) is 14.9 Å². The van der Waals surface area contributed by atoms with Crippen molar-refractivity contribution in [1.29, 1.82) is 0 Å². The fourth-order valence-corrected chi connectivity index (χ4v) is 2.94. The van der Waals surface area contributed by atoms with Gasteiger partial charge in [0.25, 0.3) is 5.91 Å². The predicted molar refractivity (Wildman–Crippen MR) is 108 cm³/mol. The highest BCUT2D eigenvalue weighted by atomic mass is 16.5. The van der Waals surface area contributed by atoms with E-state index in [9.17, 15) is 9.59 Å². The topological polar surface area (TPSA) is 106 Å². The van der Waals surface area contributed by atoms with E-state index < -0.39 is 5.97 Å². The average molecular weight is 399 g/mol. The van der Waals surface area contributed by atoms with Gasteiger partial charge in [-0.25, -0.2) is 14.8 Å². The zero-order valence-corrected chi connectivity index (χ0v) is 16.6. The van der Waals surface area contributed by atoms with Crippen LogP contribution in [-0.2, 0) is 9.47 Å². The molecule has 0 unspecified atom stereocenters. The highest BCUT2D eigenvalue weighted by Gasteiger charge is 2.13. The lowest BCUT2D eigenvalue weighted by Crippen LogP contribution is -2.39. The number of benzene rings is 1. The summed E-state index contributed by atoms with van der Waals surface area (Å²) in [6, 6.07) is 8.08. The molecule has 9 heteroatoms. The number of morpholine rings is 1. The summed E-state index contributed by atoms with van der Waals surface area (Å²) in [7, 11) is 1.32. The lowest BCUT2D eigenvalue weighted by Gasteiger charge is -2.26. The minimum Gasteiger partial charge on any atom is -0.465 e. The number of hydrogen-bond donors (Lipinski definition) is 2. The van der Waals surface area contributed by atoms with Crippen molar-refractivity contribution in [3.8, 4) is 0 Å². The summed E-state index contributed by atoms with van der Waals surface area (Å²) in [6.45, 7) is 6.71. The summed E-state index contributed by atoms with van der Waals surface area (Å²) >= 11 is 0. The number of amides is 1. The van der Waals surface area contributed by atoms with Gasteiger partial charge in [-0.2, -0.15) is 0 Å². The second-order valence-corrected chi connectivity index (χ2v) is 6.59. The lowest BCUT2D eigenvalue weighted by molar-refractivity contribution is 0.0398. The molecule has 1 aliphatic rings. The van der Waals surface area contributed by atoms with Crippen molar-refractivity contribution < 1.29 is 19.1 Å². The molecule has 1 aromatic carbocycles. The summed E-state index contributed by atoms with van der Waals surface area (Å²) in [5, 5.41) is 6.03. The van der Waals surface area contributed by atoms with Crippen molar-refractivity contribution in [2.75, 3.05) is 57.1 Å². The van der Waals surface area contributed by atoms with Gasteiger partial charge in [-0.15, -0.1) is 0 Å². The van der Waals surface area contributed by atoms with Crippen LogP contribution in [0.5, 0.6) is 0 Å². The summed E-state index contributed by atoms with van der Waals surface area (Å²) in [5.41, 5.74) is 1.24. The van der Waals surface area contributed by atoms with Crippen LogP contribution in [0.25, 0.3) is 0 Å². The van der Waals surface area contributed by atoms with Gasteiger partial charge in [0.15, 0.2) is 0 Å². The zero-order valence-electron chi connectivity index (χ0n) is 16.6. The van der Waals surface area contributed by atoms with Gasteiger partial charge in [0.05, 0.1) is 25.9 Å². The third-order valence-corrected chi connectivity index (χ3v) is 4.47. The Kier molecular flexibility index (Phi) is 7.09. The first kappa shape index (κ1) is 20.7. The molecule has 0 radical (unpaired) electrons. The largest absolute Gasteiger partial charge is 0.465 e. The highest BCUT2D eigenvalue weighted by Crippen LogP contribution is 2.13. The van der Waals surface area contributed by atoms with Crippen LogP contribution in [0.4, 0.5) is 11.5 Å². The van der Waals surface area contributed by atoms with Crippen LogP contribution in [0, 0.1) is 6.92 Å². The molecule has 1 amide bonds. The van der Waals surface area contributed by atoms with Crippen molar-refractivity contribution in [3.63, 3.8) is 0 Å². The smallest absolute Gasteiger partial charge is 0.337 e. The Hall–Kier alpha value is -3.04. The molecule has 1 fully saturated rings. The van der Waals surface area contributed by atoms with E-state index in [0.717, 1.165) is 32.8 Å². The summed E-state index contributed by atoms with van der Waals surface area (Å²) in [4.78, 5) is 34.9. The van der Waals surface area contributed by atoms with Crippen LogP contribution in [0.2, 0.25) is 0 Å². The minimum absolute atomic E-state index is 0.267. The molecule has 1 aromatic heterocycles. The molecule has 0 aliphatic carbocycles. The SMILES string of the molecule is COC(=O)c1ccc(NC(=O)c2cc(NCCN3CCOCC3)nc(C)n2)cc1. The quantitative estimate of drug-likeness (QED) is 0.676. The van der Waals surface area contributed by atoms with Gasteiger partial charge in [-0.05, 0) is 31.2 Å². The monoisotopic (exact) mass is 399 g/mol. The van der Waals surface area contributed by atoms with Crippen LogP contribution in [0.1, 0.15) is 26.7 Å². The first-order chi connectivity index (χ1) is 14.0. The van der Waals surface area contributed by atoms with E-state index in [2.05, 4.69) is 30.2 Å². The van der Waals surface area contributed by atoms with Crippen LogP contribution in [-0.4, -0.2) is 73.2 Å². The van der Waals surface area contributed by atoms with Crippen LogP contribution >= 0.6 is 0 Å². The van der Waals surface area contributed by atoms with E-state index in [0.29, 0.717) is 29.4 Å². The molecule has 29 heavy (non-hydrogen) atoms. The Morgan fingerprint density at radius 1 is 1.17 bits per heavy atom. The van der Waals surface area contributed by atoms with Crippen molar-refractivity contribution in [3.05, 3.63) is 47.4 Å². The number of aromatic nitrogens is 2. The van der Waals surface area contributed by atoms with Crippen molar-refractivity contribution in [2.45, 2.75) is 6.92 Å². The van der Waals surface area contributed by atoms with Crippen molar-refractivity contribution >= 4 is 23.4 Å². The van der Waals surface area contributed by atoms with Gasteiger partial charge in [-0.3, -0.25) is 9.69 Å². The lowest BCUT2D eigenvalue weighted by atomic mass is 10.2. The molecule has 9 nitrogen and oxygen atoms in total. The molecule has 3 rings (SSSR count). The van der Waals surface area contributed by atoms with E-state index >= 15 is 0 Å². The number of methoxy groups -OCH3 is 1. The molecule has 0 saturated carbocycles. The van der Waals surface area contributed by atoms with E-state index in [-0.39, 0.29) is 11.6 Å². The summed E-state index contributed by atoms with van der Waals surface area (Å²) in [5.74, 6) is 0.337. The fraction of sp³-hybridized carbons (Fsp3) is 0.400. The summed E-state index contributed by atoms with van der Waals surface area (Å²) in [6.07, 6.45) is 0. The molecule has 0 bridgehead atoms. The number of esters is 1. The van der Waals surface area contributed by atoms with Gasteiger partial charge in [0, 0.05) is 37.9 Å². The van der Waals surface area contributed by atoms with E-state index in [1.54, 1.807) is 37.3 Å². The number of carbonyl (C=O) groups is 2. The summed E-state index contributed by atoms with van der Waals surface area (Å²) < 4.78 is 10.0. The van der Waals surface area contributed by atoms with Crippen LogP contribution < -0.4 is 10.6 Å². The maximum Gasteiger partial charge on any atom is 0.337 e. The highest BCUT2D eigenvalue weighted by molar-refractivity contribution is 6.03. The fourth-order valence-electron chi connectivity index (χ4n) is 2.94. The minimum atomic E-state index is -0.429. The number of nitrogens with one attached hydrogen (secondary N) is 2. The normalized spacial score (nSPS) is 14.3. The molecular formula is C20H25N5O4. The predicted octanol–water partition coefficient (Wildman–Crippen LogP) is 1.57. The zero-order chi connectivity index (χ0) is 20.6. The maximum absolute atomic E-state index is 12.6. The molecule has 0 atom stereocenters. The number of nitrogens with zero attached hydrogens (tertiary/aromatic N) is 3. The van der Waals surface area contributed by atoms with Gasteiger partial charge in [0.2, 0.25) is 0 Å². The molecule has 154 valence electrons. The first-order valence-corrected chi connectivity index (χ1v) is 9.44. The molecule has 1 aliphatic heterocycles. The Bertz CT molecular complexity index is 850. The van der Waals surface area contributed by atoms with Gasteiger partial charge >= 0.3 is 5.97 Å². The Balaban J connectivity index is 1.59. The second kappa shape index (κ2) is 9.94. The molecular weight excluding hydrogens is 374 g/mol. The number of rotatable bonds is 7. The number of anilines is 2. The molecule has 1 saturated heterocycles. The Morgan fingerprint density at radius 2 is 1.90 bits per heavy atom. The van der Waals surface area contributed by atoms with E-state index in [1.165, 1.54) is 7.11 Å². The van der Waals surface area contributed by atoms with Gasteiger partial charge in [0.1, 0.15) is 17.3 Å². The van der Waals surface area contributed by atoms with Crippen LogP contribution in [0.3, 0.4) is 0 Å². The van der Waals surface area contributed by atoms with Gasteiger partial charge < -0.3 is 20.1 Å². The second-order valence-electron chi connectivity index (χ2n) is 6.59. The number of hydrogen-bond acceptors (Lipinski definition) is 8. The van der Waals surface area contributed by atoms with Crippen molar-refractivity contribution in [2.24, 2.45) is 0 Å². The molecule has 2 aromatic rings. The van der Waals surface area contributed by atoms with E-state index in [1.807, 2.05) is 0 Å². The number of carbonyl (C=O) groups excluding carboxylic acids is 2. The van der Waals surface area contributed by atoms with Gasteiger partial charge in [-0.1, -0.05) is 0 Å². The standard InChI is InChI=1S/C20H25N5O4/c1-14-22-17(13-18(23-14)21-7-8-25-9-11-29-12-10-25)19(26)24-16-5-3-15(4-6-16)20(27)28-2/h3-6,13H,7-12H2,1-2H3,(H,24,26)(H,21,22,23). The number of aryl methyl sites for hydroxylation is 1. The van der Waals surface area contributed by atoms with E-state index in [4.69, 9.17) is 4.74 Å². The first-order valence-electron chi connectivity index (χ1n) is 9.44. The average Bonchev–Trinajstić information content (AvgIpc) is 2.74. The Morgan fingerprint density at radius 3 is 2.59 bits per heavy atom. The van der Waals surface area contributed by atoms with Crippen LogP contribution in [0.15, 0.2) is 30.3 Å². The number of ether oxygens (including phenoxy) is 2. The molecule has 0 spiro atoms. The third-order valence-electron chi connectivity index (χ3n) is 4.47. The maximum atomic E-state index is 12.6. The third kappa shape index (κ3) is 5.97. The molecule has 2 N–H and O–H groups in total.